The van der Waals surface area contributed by atoms with E-state index in [1.165, 1.54) is 11.3 Å². The van der Waals surface area contributed by atoms with E-state index >= 15 is 0 Å². The van der Waals surface area contributed by atoms with Gasteiger partial charge in [0.1, 0.15) is 4.88 Å². The van der Waals surface area contributed by atoms with Gasteiger partial charge in [0.25, 0.3) is 5.91 Å². The van der Waals surface area contributed by atoms with Crippen molar-refractivity contribution in [1.82, 2.24) is 10.3 Å². The van der Waals surface area contributed by atoms with E-state index < -0.39 is 17.4 Å². The van der Waals surface area contributed by atoms with Crippen molar-refractivity contribution in [3.8, 4) is 0 Å². The average Bonchev–Trinajstić information content (AvgIpc) is 2.84. The number of aryl methyl sites for hydroxylation is 2. The molecule has 2 rings (SSSR count). The summed E-state index contributed by atoms with van der Waals surface area (Å²) in [5, 5.41) is 13.7. The predicted molar refractivity (Wildman–Crippen MR) is 90.1 cm³/mol. The molecular weight excluding hydrogens is 336 g/mol. The van der Waals surface area contributed by atoms with E-state index in [4.69, 9.17) is 11.6 Å². The Hall–Kier alpha value is -1.92. The van der Waals surface area contributed by atoms with Crippen molar-refractivity contribution in [3.05, 3.63) is 50.4 Å². The Balaban J connectivity index is 2.43. The summed E-state index contributed by atoms with van der Waals surface area (Å²) in [6.45, 7) is 5.25. The van der Waals surface area contributed by atoms with Crippen LogP contribution in [0.3, 0.4) is 0 Å². The second kappa shape index (κ2) is 6.68. The maximum atomic E-state index is 12.6. The number of halogens is 1. The van der Waals surface area contributed by atoms with Gasteiger partial charge in [0.2, 0.25) is 0 Å². The lowest BCUT2D eigenvalue weighted by molar-refractivity contribution is -0.145. The molecule has 1 heterocycles. The molecule has 1 amide bonds. The molecule has 0 aliphatic heterocycles. The van der Waals surface area contributed by atoms with E-state index in [0.29, 0.717) is 21.2 Å². The fourth-order valence-electron chi connectivity index (χ4n) is 2.42. The number of carboxylic acids is 1. The lowest BCUT2D eigenvalue weighted by Gasteiger charge is -2.30. The number of rotatable bonds is 5. The molecule has 0 aliphatic carbocycles. The molecule has 7 heteroatoms. The van der Waals surface area contributed by atoms with Gasteiger partial charge in [-0.3, -0.25) is 4.79 Å². The molecule has 2 N–H and O–H groups in total. The normalized spacial score (nSPS) is 13.4. The molecule has 23 heavy (non-hydrogen) atoms. The number of carbonyl (C=O) groups excluding carboxylic acids is 1. The van der Waals surface area contributed by atoms with E-state index in [-0.39, 0.29) is 6.42 Å². The highest BCUT2D eigenvalue weighted by atomic mass is 35.5. The second-order valence-electron chi connectivity index (χ2n) is 5.17. The molecule has 1 unspecified atom stereocenters. The zero-order valence-corrected chi connectivity index (χ0v) is 14.6. The number of carbonyl (C=O) groups is 2. The van der Waals surface area contributed by atoms with Crippen LogP contribution in [-0.2, 0) is 10.3 Å². The number of aliphatic carboxylic acids is 1. The smallest absolute Gasteiger partial charge is 0.334 e. The summed E-state index contributed by atoms with van der Waals surface area (Å²) in [6, 6.07) is 6.45. The molecule has 5 nitrogen and oxygen atoms in total. The van der Waals surface area contributed by atoms with Crippen molar-refractivity contribution in [1.29, 1.82) is 0 Å². The van der Waals surface area contributed by atoms with Crippen LogP contribution in [0.15, 0.2) is 24.3 Å². The van der Waals surface area contributed by atoms with Crippen molar-refractivity contribution in [2.24, 2.45) is 0 Å². The minimum Gasteiger partial charge on any atom is -0.479 e. The first-order chi connectivity index (χ1) is 10.8. The number of nitrogens with one attached hydrogen (secondary N) is 1. The lowest BCUT2D eigenvalue weighted by atomic mass is 9.87. The minimum atomic E-state index is -1.51. The summed E-state index contributed by atoms with van der Waals surface area (Å²) in [6.07, 6.45) is 0.201. The van der Waals surface area contributed by atoms with E-state index in [1.54, 1.807) is 45.0 Å². The maximum absolute atomic E-state index is 12.6. The molecule has 1 aromatic heterocycles. The highest BCUT2D eigenvalue weighted by Gasteiger charge is 2.41. The third-order valence-electron chi connectivity index (χ3n) is 3.67. The van der Waals surface area contributed by atoms with Crippen LogP contribution in [0, 0.1) is 13.8 Å². The number of thiazole rings is 1. The standard InChI is InChI=1S/C16H17ClN2O3S/c1-4-16(15(21)22,11-5-7-12(17)8-6-11)19-14(20)13-9(2)18-10(3)23-13/h5-8H,4H2,1-3H3,(H,19,20)(H,21,22). The van der Waals surface area contributed by atoms with E-state index in [9.17, 15) is 14.7 Å². The maximum Gasteiger partial charge on any atom is 0.334 e. The Morgan fingerprint density at radius 3 is 2.35 bits per heavy atom. The Morgan fingerprint density at radius 1 is 1.30 bits per heavy atom. The first-order valence-electron chi connectivity index (χ1n) is 7.06. The molecule has 2 aromatic rings. The molecule has 0 radical (unpaired) electrons. The molecule has 0 saturated carbocycles. The third-order valence-corrected chi connectivity index (χ3v) is 4.99. The van der Waals surface area contributed by atoms with Crippen LogP contribution >= 0.6 is 22.9 Å². The van der Waals surface area contributed by atoms with Crippen molar-refractivity contribution < 1.29 is 14.7 Å². The first kappa shape index (κ1) is 17.4. The topological polar surface area (TPSA) is 79.3 Å². The van der Waals surface area contributed by atoms with Gasteiger partial charge in [-0.15, -0.1) is 11.3 Å². The van der Waals surface area contributed by atoms with Gasteiger partial charge in [-0.25, -0.2) is 9.78 Å². The Kier molecular flexibility index (Phi) is 5.06. The Morgan fingerprint density at radius 2 is 1.91 bits per heavy atom. The van der Waals surface area contributed by atoms with Crippen molar-refractivity contribution in [2.75, 3.05) is 0 Å². The number of carboxylic acid groups (broad SMARTS) is 1. The molecule has 0 saturated heterocycles. The van der Waals surface area contributed by atoms with Crippen LogP contribution < -0.4 is 5.32 Å². The van der Waals surface area contributed by atoms with Crippen LogP contribution in [0.4, 0.5) is 0 Å². The molecule has 0 fully saturated rings. The first-order valence-corrected chi connectivity index (χ1v) is 8.25. The van der Waals surface area contributed by atoms with Crippen LogP contribution in [0.1, 0.15) is 39.3 Å². The molecule has 122 valence electrons. The number of benzene rings is 1. The zero-order chi connectivity index (χ0) is 17.2. The summed E-state index contributed by atoms with van der Waals surface area (Å²) in [4.78, 5) is 29.1. The molecule has 0 bridgehead atoms. The largest absolute Gasteiger partial charge is 0.479 e. The zero-order valence-electron chi connectivity index (χ0n) is 13.0. The molecule has 1 atom stereocenters. The van der Waals surface area contributed by atoms with Crippen LogP contribution in [-0.4, -0.2) is 22.0 Å². The number of amides is 1. The van der Waals surface area contributed by atoms with Crippen LogP contribution in [0.2, 0.25) is 5.02 Å². The lowest BCUT2D eigenvalue weighted by Crippen LogP contribution is -2.51. The average molecular weight is 353 g/mol. The van der Waals surface area contributed by atoms with E-state index in [2.05, 4.69) is 10.3 Å². The predicted octanol–water partition coefficient (Wildman–Crippen LogP) is 3.53. The molecule has 0 spiro atoms. The van der Waals surface area contributed by atoms with Gasteiger partial charge in [0, 0.05) is 5.02 Å². The fourth-order valence-corrected chi connectivity index (χ4v) is 3.36. The highest BCUT2D eigenvalue weighted by Crippen LogP contribution is 2.28. The summed E-state index contributed by atoms with van der Waals surface area (Å²) >= 11 is 7.11. The Labute approximate surface area is 143 Å². The Bertz CT molecular complexity index is 742. The fraction of sp³-hybridized carbons (Fsp3) is 0.312. The third kappa shape index (κ3) is 3.38. The van der Waals surface area contributed by atoms with Gasteiger partial charge in [-0.05, 0) is 38.0 Å². The number of hydrogen-bond acceptors (Lipinski definition) is 4. The van der Waals surface area contributed by atoms with Gasteiger partial charge in [-0.1, -0.05) is 30.7 Å². The van der Waals surface area contributed by atoms with Crippen molar-refractivity contribution >= 4 is 34.8 Å². The number of nitrogens with zero attached hydrogens (tertiary/aromatic N) is 1. The number of aromatic nitrogens is 1. The van der Waals surface area contributed by atoms with Crippen molar-refractivity contribution in [2.45, 2.75) is 32.7 Å². The van der Waals surface area contributed by atoms with Gasteiger partial charge in [0.15, 0.2) is 5.54 Å². The molecule has 0 aliphatic rings. The number of hydrogen-bond donors (Lipinski definition) is 2. The minimum absolute atomic E-state index is 0.201. The van der Waals surface area contributed by atoms with Gasteiger partial charge >= 0.3 is 5.97 Å². The SMILES string of the molecule is CCC(NC(=O)c1sc(C)nc1C)(C(=O)O)c1ccc(Cl)cc1. The van der Waals surface area contributed by atoms with Gasteiger partial charge < -0.3 is 10.4 Å². The summed E-state index contributed by atoms with van der Waals surface area (Å²) < 4.78 is 0. The summed E-state index contributed by atoms with van der Waals surface area (Å²) in [7, 11) is 0. The monoisotopic (exact) mass is 352 g/mol. The molecule has 1 aromatic carbocycles. The quantitative estimate of drug-likeness (QED) is 0.862. The van der Waals surface area contributed by atoms with Gasteiger partial charge in [-0.2, -0.15) is 0 Å². The van der Waals surface area contributed by atoms with Crippen LogP contribution in [0.5, 0.6) is 0 Å². The molecular formula is C16H17ClN2O3S. The second-order valence-corrected chi connectivity index (χ2v) is 6.81. The van der Waals surface area contributed by atoms with E-state index in [1.807, 2.05) is 0 Å². The van der Waals surface area contributed by atoms with Crippen LogP contribution in [0.25, 0.3) is 0 Å². The van der Waals surface area contributed by atoms with Gasteiger partial charge in [0.05, 0.1) is 10.7 Å². The van der Waals surface area contributed by atoms with Crippen molar-refractivity contribution in [3.63, 3.8) is 0 Å². The summed E-state index contributed by atoms with van der Waals surface area (Å²) in [5.74, 6) is -1.55. The van der Waals surface area contributed by atoms with E-state index in [0.717, 1.165) is 5.01 Å². The highest BCUT2D eigenvalue weighted by molar-refractivity contribution is 7.13. The summed E-state index contributed by atoms with van der Waals surface area (Å²) in [5.41, 5.74) is -0.438.